The predicted molar refractivity (Wildman–Crippen MR) is 105 cm³/mol. The molecule has 2 aromatic carbocycles. The van der Waals surface area contributed by atoms with E-state index in [1.165, 1.54) is 12.1 Å². The minimum atomic E-state index is -4.44. The molecule has 3 rings (SSSR count). The van der Waals surface area contributed by atoms with Gasteiger partial charge in [-0.1, -0.05) is 48.6 Å². The first kappa shape index (κ1) is 20.9. The van der Waals surface area contributed by atoms with Gasteiger partial charge in [0.05, 0.1) is 5.56 Å². The van der Waals surface area contributed by atoms with E-state index in [4.69, 9.17) is 4.74 Å². The van der Waals surface area contributed by atoms with Gasteiger partial charge in [-0.2, -0.15) is 13.2 Å². The Balaban J connectivity index is 1.41. The van der Waals surface area contributed by atoms with Gasteiger partial charge in [0.25, 0.3) is 5.91 Å². The van der Waals surface area contributed by atoms with Crippen LogP contribution in [0.25, 0.3) is 6.08 Å². The first-order chi connectivity index (χ1) is 13.9. The van der Waals surface area contributed by atoms with Crippen LogP contribution >= 0.6 is 0 Å². The summed E-state index contributed by atoms with van der Waals surface area (Å²) >= 11 is 0. The summed E-state index contributed by atoms with van der Waals surface area (Å²) in [5, 5.41) is 0. The average Bonchev–Trinajstić information content (AvgIpc) is 2.73. The zero-order valence-electron chi connectivity index (χ0n) is 15.9. The second kappa shape index (κ2) is 9.60. The third-order valence-electron chi connectivity index (χ3n) is 4.72. The van der Waals surface area contributed by atoms with Crippen LogP contribution in [0.3, 0.4) is 0 Å². The summed E-state index contributed by atoms with van der Waals surface area (Å²) in [5.74, 6) is -0.181. The molecule has 4 nitrogen and oxygen atoms in total. The molecule has 154 valence electrons. The highest BCUT2D eigenvalue weighted by Crippen LogP contribution is 2.31. The minimum Gasteiger partial charge on any atom is -0.484 e. The highest BCUT2D eigenvalue weighted by Gasteiger charge is 2.30. The second-order valence-electron chi connectivity index (χ2n) is 6.81. The van der Waals surface area contributed by atoms with E-state index < -0.39 is 11.7 Å². The lowest BCUT2D eigenvalue weighted by molar-refractivity contribution is -0.137. The van der Waals surface area contributed by atoms with E-state index in [0.29, 0.717) is 13.1 Å². The molecule has 0 spiro atoms. The fourth-order valence-electron chi connectivity index (χ4n) is 3.08. The molecule has 29 heavy (non-hydrogen) atoms. The number of rotatable bonds is 6. The molecule has 1 amide bonds. The van der Waals surface area contributed by atoms with Crippen LogP contribution in [-0.4, -0.2) is 55.0 Å². The van der Waals surface area contributed by atoms with Crippen molar-refractivity contribution in [1.82, 2.24) is 9.80 Å². The van der Waals surface area contributed by atoms with Crippen molar-refractivity contribution in [3.05, 3.63) is 71.8 Å². The van der Waals surface area contributed by atoms with Gasteiger partial charge in [0, 0.05) is 32.7 Å². The number of hydrogen-bond donors (Lipinski definition) is 0. The number of piperazine rings is 1. The summed E-state index contributed by atoms with van der Waals surface area (Å²) in [5.41, 5.74) is 0.354. The number of benzene rings is 2. The molecule has 0 atom stereocenters. The van der Waals surface area contributed by atoms with Gasteiger partial charge in [0.2, 0.25) is 0 Å². The van der Waals surface area contributed by atoms with E-state index >= 15 is 0 Å². The number of amides is 1. The van der Waals surface area contributed by atoms with Crippen molar-refractivity contribution in [2.45, 2.75) is 6.18 Å². The maximum absolute atomic E-state index is 12.7. The number of alkyl halides is 3. The van der Waals surface area contributed by atoms with E-state index in [9.17, 15) is 18.0 Å². The minimum absolute atomic E-state index is 0.0397. The second-order valence-corrected chi connectivity index (χ2v) is 6.81. The van der Waals surface area contributed by atoms with Crippen molar-refractivity contribution in [2.75, 3.05) is 39.3 Å². The monoisotopic (exact) mass is 404 g/mol. The van der Waals surface area contributed by atoms with Gasteiger partial charge in [-0.25, -0.2) is 0 Å². The molecular formula is C22H23F3N2O2. The quantitative estimate of drug-likeness (QED) is 0.731. The fraction of sp³-hybridized carbons (Fsp3) is 0.318. The Morgan fingerprint density at radius 1 is 1.00 bits per heavy atom. The van der Waals surface area contributed by atoms with E-state index in [0.717, 1.165) is 37.3 Å². The van der Waals surface area contributed by atoms with Gasteiger partial charge < -0.3 is 9.64 Å². The zero-order valence-corrected chi connectivity index (χ0v) is 15.9. The summed E-state index contributed by atoms with van der Waals surface area (Å²) in [4.78, 5) is 16.2. The topological polar surface area (TPSA) is 32.8 Å². The van der Waals surface area contributed by atoms with Crippen molar-refractivity contribution in [1.29, 1.82) is 0 Å². The molecule has 1 heterocycles. The van der Waals surface area contributed by atoms with Gasteiger partial charge in [0.1, 0.15) is 5.75 Å². The Morgan fingerprint density at radius 2 is 1.72 bits per heavy atom. The Hall–Kier alpha value is -2.80. The Bertz CT molecular complexity index is 829. The first-order valence-corrected chi connectivity index (χ1v) is 9.43. The lowest BCUT2D eigenvalue weighted by Crippen LogP contribution is -2.49. The summed E-state index contributed by atoms with van der Waals surface area (Å²) in [6.45, 7) is 3.17. The molecule has 1 aliphatic heterocycles. The highest BCUT2D eigenvalue weighted by atomic mass is 19.4. The van der Waals surface area contributed by atoms with Crippen LogP contribution in [-0.2, 0) is 11.0 Å². The first-order valence-electron chi connectivity index (χ1n) is 9.43. The van der Waals surface area contributed by atoms with Gasteiger partial charge in [-0.3, -0.25) is 9.69 Å². The van der Waals surface area contributed by atoms with Crippen molar-refractivity contribution >= 4 is 12.0 Å². The molecule has 7 heteroatoms. The summed E-state index contributed by atoms with van der Waals surface area (Å²) < 4.78 is 43.5. The predicted octanol–water partition coefficient (Wildman–Crippen LogP) is 3.94. The van der Waals surface area contributed by atoms with Crippen LogP contribution in [0.1, 0.15) is 11.1 Å². The molecule has 0 N–H and O–H groups in total. The molecule has 0 radical (unpaired) electrons. The third kappa shape index (κ3) is 6.35. The molecule has 0 bridgehead atoms. The van der Waals surface area contributed by atoms with Gasteiger partial charge in [-0.05, 0) is 23.8 Å². The highest BCUT2D eigenvalue weighted by molar-refractivity contribution is 5.77. The lowest BCUT2D eigenvalue weighted by Gasteiger charge is -2.34. The summed E-state index contributed by atoms with van der Waals surface area (Å²) in [6, 6.07) is 14.6. The molecule has 0 aromatic heterocycles. The molecular weight excluding hydrogens is 381 g/mol. The van der Waals surface area contributed by atoms with Crippen LogP contribution in [0.4, 0.5) is 13.2 Å². The van der Waals surface area contributed by atoms with Crippen molar-refractivity contribution in [3.8, 4) is 5.75 Å². The van der Waals surface area contributed by atoms with E-state index in [-0.39, 0.29) is 18.3 Å². The Labute approximate surface area is 168 Å². The van der Waals surface area contributed by atoms with Crippen LogP contribution in [0.5, 0.6) is 5.75 Å². The number of carbonyl (C=O) groups is 1. The average molecular weight is 404 g/mol. The molecule has 0 unspecified atom stereocenters. The lowest BCUT2D eigenvalue weighted by atomic mass is 10.2. The van der Waals surface area contributed by atoms with Crippen molar-refractivity contribution in [2.24, 2.45) is 0 Å². The van der Waals surface area contributed by atoms with E-state index in [2.05, 4.69) is 17.1 Å². The van der Waals surface area contributed by atoms with Gasteiger partial charge >= 0.3 is 6.18 Å². The van der Waals surface area contributed by atoms with Crippen molar-refractivity contribution in [3.63, 3.8) is 0 Å². The fourth-order valence-corrected chi connectivity index (χ4v) is 3.08. The number of ether oxygens (including phenoxy) is 1. The van der Waals surface area contributed by atoms with E-state index in [1.54, 1.807) is 4.90 Å². The SMILES string of the molecule is O=C(COc1cccc(C(F)(F)F)c1)N1CCN(C/C=C/c2ccccc2)CC1. The maximum Gasteiger partial charge on any atom is 0.416 e. The van der Waals surface area contributed by atoms with Gasteiger partial charge in [0.15, 0.2) is 6.61 Å². The largest absolute Gasteiger partial charge is 0.484 e. The molecule has 0 aliphatic carbocycles. The summed E-state index contributed by atoms with van der Waals surface area (Å²) in [7, 11) is 0. The number of nitrogens with zero attached hydrogens (tertiary/aromatic N) is 2. The smallest absolute Gasteiger partial charge is 0.416 e. The van der Waals surface area contributed by atoms with Crippen LogP contribution in [0.2, 0.25) is 0 Å². The van der Waals surface area contributed by atoms with Crippen LogP contribution in [0.15, 0.2) is 60.7 Å². The zero-order chi connectivity index (χ0) is 20.7. The van der Waals surface area contributed by atoms with Crippen LogP contribution < -0.4 is 4.74 Å². The Kier molecular flexibility index (Phi) is 6.93. The molecule has 1 aliphatic rings. The maximum atomic E-state index is 12.7. The number of carbonyl (C=O) groups excluding carboxylic acids is 1. The van der Waals surface area contributed by atoms with Gasteiger partial charge in [-0.15, -0.1) is 0 Å². The third-order valence-corrected chi connectivity index (χ3v) is 4.72. The standard InChI is InChI=1S/C22H23F3N2O2/c23-22(24,25)19-9-4-10-20(16-19)29-17-21(28)27-14-12-26(13-15-27)11-5-8-18-6-2-1-3-7-18/h1-10,16H,11-15,17H2/b8-5+. The van der Waals surface area contributed by atoms with Crippen LogP contribution in [0, 0.1) is 0 Å². The van der Waals surface area contributed by atoms with Crippen molar-refractivity contribution < 1.29 is 22.7 Å². The molecule has 1 fully saturated rings. The normalized spacial score (nSPS) is 15.6. The Morgan fingerprint density at radius 3 is 2.41 bits per heavy atom. The molecule has 2 aromatic rings. The number of hydrogen-bond acceptors (Lipinski definition) is 3. The van der Waals surface area contributed by atoms with E-state index in [1.807, 2.05) is 30.3 Å². The summed E-state index contributed by atoms with van der Waals surface area (Å²) in [6.07, 6.45) is -0.265. The molecule has 1 saturated heterocycles. The number of halogens is 3. The molecule has 0 saturated carbocycles.